The molecular weight excluding hydrogens is 274 g/mol. The molecule has 0 unspecified atom stereocenters. The van der Waals surface area contributed by atoms with Gasteiger partial charge in [-0.05, 0) is 6.92 Å². The van der Waals surface area contributed by atoms with Crippen molar-refractivity contribution >= 4 is 15.9 Å². The number of amides is 1. The molecule has 1 aromatic rings. The third-order valence-electron chi connectivity index (χ3n) is 2.88. The van der Waals surface area contributed by atoms with E-state index < -0.39 is 28.1 Å². The summed E-state index contributed by atoms with van der Waals surface area (Å²) in [6, 6.07) is -0.706. The molecule has 106 valence electrons. The number of aliphatic hydroxyl groups is 1. The first-order valence-corrected chi connectivity index (χ1v) is 7.52. The molecule has 8 nitrogen and oxygen atoms in total. The topological polar surface area (TPSA) is 113 Å². The van der Waals surface area contributed by atoms with Gasteiger partial charge in [0.05, 0.1) is 24.1 Å². The molecule has 2 rings (SSSR count). The number of rotatable bonds is 3. The molecule has 2 atom stereocenters. The lowest BCUT2D eigenvalue weighted by Crippen LogP contribution is -2.42. The van der Waals surface area contributed by atoms with Crippen molar-refractivity contribution in [1.82, 2.24) is 14.6 Å². The molecule has 1 saturated heterocycles. The van der Waals surface area contributed by atoms with Gasteiger partial charge in [0.1, 0.15) is 0 Å². The molecule has 0 aromatic carbocycles. The van der Waals surface area contributed by atoms with E-state index in [2.05, 4.69) is 9.71 Å². The zero-order valence-corrected chi connectivity index (χ0v) is 11.3. The molecule has 1 amide bonds. The molecule has 1 fully saturated rings. The van der Waals surface area contributed by atoms with Crippen LogP contribution in [0.5, 0.6) is 0 Å². The molecular formula is C10H15N3O5S. The third-order valence-corrected chi connectivity index (χ3v) is 3.61. The zero-order valence-electron chi connectivity index (χ0n) is 10.5. The zero-order chi connectivity index (χ0) is 14.2. The van der Waals surface area contributed by atoms with Crippen LogP contribution < -0.4 is 4.72 Å². The standard InChI is InChI=1S/C10H15N3O5S/c1-6-9(18-5-11-6)10(15)13-3-7(8(14)4-13)12-19(2,16)17/h5,7-8,12,14H,3-4H2,1-2H3/t7-,8-/m1/s1. The smallest absolute Gasteiger partial charge is 0.291 e. The Morgan fingerprint density at radius 1 is 1.58 bits per heavy atom. The normalized spacial score (nSPS) is 23.8. The first-order chi connectivity index (χ1) is 8.78. The number of likely N-dealkylation sites (tertiary alicyclic amines) is 1. The fourth-order valence-corrected chi connectivity index (χ4v) is 2.78. The van der Waals surface area contributed by atoms with E-state index in [0.717, 1.165) is 6.26 Å². The Bertz CT molecular complexity index is 582. The fraction of sp³-hybridized carbons (Fsp3) is 0.600. The number of aliphatic hydroxyl groups excluding tert-OH is 1. The summed E-state index contributed by atoms with van der Waals surface area (Å²) >= 11 is 0. The van der Waals surface area contributed by atoms with Crippen molar-refractivity contribution in [2.24, 2.45) is 0 Å². The molecule has 0 aliphatic carbocycles. The quantitative estimate of drug-likeness (QED) is 0.716. The van der Waals surface area contributed by atoms with Crippen molar-refractivity contribution < 1.29 is 22.7 Å². The highest BCUT2D eigenvalue weighted by molar-refractivity contribution is 7.88. The first kappa shape index (κ1) is 14.0. The average molecular weight is 289 g/mol. The largest absolute Gasteiger partial charge is 0.438 e. The molecule has 0 spiro atoms. The summed E-state index contributed by atoms with van der Waals surface area (Å²) < 4.78 is 29.6. The van der Waals surface area contributed by atoms with Gasteiger partial charge in [-0.15, -0.1) is 0 Å². The summed E-state index contributed by atoms with van der Waals surface area (Å²) in [4.78, 5) is 17.2. The summed E-state index contributed by atoms with van der Waals surface area (Å²) in [5.74, 6) is -0.306. The highest BCUT2D eigenvalue weighted by Gasteiger charge is 2.37. The van der Waals surface area contributed by atoms with Crippen LogP contribution in [-0.4, -0.2) is 60.8 Å². The van der Waals surface area contributed by atoms with Gasteiger partial charge in [0, 0.05) is 13.1 Å². The molecule has 2 N–H and O–H groups in total. The summed E-state index contributed by atoms with van der Waals surface area (Å²) in [6.45, 7) is 1.77. The lowest BCUT2D eigenvalue weighted by Gasteiger charge is -2.15. The number of hydrogen-bond donors (Lipinski definition) is 2. The number of nitrogens with one attached hydrogen (secondary N) is 1. The van der Waals surface area contributed by atoms with E-state index in [1.807, 2.05) is 0 Å². The summed E-state index contributed by atoms with van der Waals surface area (Å²) in [7, 11) is -3.44. The van der Waals surface area contributed by atoms with E-state index in [1.54, 1.807) is 6.92 Å². The summed E-state index contributed by atoms with van der Waals surface area (Å²) in [6.07, 6.45) is 1.23. The van der Waals surface area contributed by atoms with Crippen LogP contribution in [-0.2, 0) is 10.0 Å². The molecule has 0 saturated carbocycles. The number of sulfonamides is 1. The molecule has 1 aliphatic heterocycles. The average Bonchev–Trinajstić information content (AvgIpc) is 2.83. The van der Waals surface area contributed by atoms with E-state index in [1.165, 1.54) is 11.3 Å². The van der Waals surface area contributed by atoms with Crippen molar-refractivity contribution in [2.75, 3.05) is 19.3 Å². The molecule has 19 heavy (non-hydrogen) atoms. The Morgan fingerprint density at radius 3 is 2.79 bits per heavy atom. The maximum Gasteiger partial charge on any atom is 0.291 e. The van der Waals surface area contributed by atoms with Gasteiger partial charge in [-0.1, -0.05) is 0 Å². The minimum atomic E-state index is -3.44. The Labute approximate surface area is 110 Å². The van der Waals surface area contributed by atoms with Gasteiger partial charge in [-0.3, -0.25) is 4.79 Å². The van der Waals surface area contributed by atoms with Gasteiger partial charge >= 0.3 is 0 Å². The SMILES string of the molecule is Cc1ncoc1C(=O)N1C[C@@H](O)[C@H](NS(C)(=O)=O)C1. The van der Waals surface area contributed by atoms with Gasteiger partial charge in [0.2, 0.25) is 15.8 Å². The summed E-state index contributed by atoms with van der Waals surface area (Å²) in [5.41, 5.74) is 0.457. The van der Waals surface area contributed by atoms with E-state index in [4.69, 9.17) is 4.42 Å². The van der Waals surface area contributed by atoms with Crippen molar-refractivity contribution in [3.63, 3.8) is 0 Å². The Hall–Kier alpha value is -1.45. The Kier molecular flexibility index (Phi) is 3.61. The molecule has 0 bridgehead atoms. The van der Waals surface area contributed by atoms with Crippen LogP contribution in [0.15, 0.2) is 10.8 Å². The van der Waals surface area contributed by atoms with Gasteiger partial charge in [-0.2, -0.15) is 0 Å². The Balaban J connectivity index is 2.09. The molecule has 1 aliphatic rings. The second-order valence-electron chi connectivity index (χ2n) is 4.54. The van der Waals surface area contributed by atoms with Crippen LogP contribution in [0.4, 0.5) is 0 Å². The molecule has 1 aromatic heterocycles. The van der Waals surface area contributed by atoms with Crippen molar-refractivity contribution in [1.29, 1.82) is 0 Å². The molecule has 2 heterocycles. The van der Waals surface area contributed by atoms with Crippen molar-refractivity contribution in [2.45, 2.75) is 19.1 Å². The van der Waals surface area contributed by atoms with Crippen LogP contribution in [0.25, 0.3) is 0 Å². The number of aryl methyl sites for hydroxylation is 1. The fourth-order valence-electron chi connectivity index (χ4n) is 1.99. The van der Waals surface area contributed by atoms with E-state index in [0.29, 0.717) is 5.69 Å². The van der Waals surface area contributed by atoms with Crippen LogP contribution in [0.3, 0.4) is 0 Å². The number of β-amino-alcohol motifs (C(OH)–C–C–N with tert-alkyl or cyclic N) is 1. The number of hydrogen-bond acceptors (Lipinski definition) is 6. The Morgan fingerprint density at radius 2 is 2.26 bits per heavy atom. The van der Waals surface area contributed by atoms with Gasteiger partial charge in [0.15, 0.2) is 6.39 Å². The number of carbonyl (C=O) groups is 1. The third kappa shape index (κ3) is 3.11. The van der Waals surface area contributed by atoms with E-state index in [9.17, 15) is 18.3 Å². The molecule has 0 radical (unpaired) electrons. The summed E-state index contributed by atoms with van der Waals surface area (Å²) in [5, 5.41) is 9.77. The van der Waals surface area contributed by atoms with Crippen LogP contribution in [0.2, 0.25) is 0 Å². The van der Waals surface area contributed by atoms with E-state index in [-0.39, 0.29) is 18.8 Å². The maximum absolute atomic E-state index is 12.1. The van der Waals surface area contributed by atoms with Gasteiger partial charge in [0.25, 0.3) is 5.91 Å². The number of oxazole rings is 1. The number of carbonyl (C=O) groups excluding carboxylic acids is 1. The predicted octanol–water partition coefficient (Wildman–Crippen LogP) is -1.28. The highest BCUT2D eigenvalue weighted by Crippen LogP contribution is 2.16. The predicted molar refractivity (Wildman–Crippen MR) is 64.9 cm³/mol. The monoisotopic (exact) mass is 289 g/mol. The highest BCUT2D eigenvalue weighted by atomic mass is 32.2. The minimum absolute atomic E-state index is 0.0478. The van der Waals surface area contributed by atoms with Gasteiger partial charge in [-0.25, -0.2) is 18.1 Å². The second-order valence-corrected chi connectivity index (χ2v) is 6.32. The van der Waals surface area contributed by atoms with Crippen molar-refractivity contribution in [3.05, 3.63) is 17.8 Å². The van der Waals surface area contributed by atoms with Crippen LogP contribution in [0, 0.1) is 6.92 Å². The van der Waals surface area contributed by atoms with E-state index >= 15 is 0 Å². The number of aromatic nitrogens is 1. The molecule has 9 heteroatoms. The van der Waals surface area contributed by atoms with Gasteiger partial charge < -0.3 is 14.4 Å². The lowest BCUT2D eigenvalue weighted by atomic mass is 10.2. The second kappa shape index (κ2) is 4.91. The van der Waals surface area contributed by atoms with Crippen molar-refractivity contribution in [3.8, 4) is 0 Å². The minimum Gasteiger partial charge on any atom is -0.438 e. The van der Waals surface area contributed by atoms with Crippen LogP contribution in [0.1, 0.15) is 16.2 Å². The first-order valence-electron chi connectivity index (χ1n) is 5.62. The number of nitrogens with zero attached hydrogens (tertiary/aromatic N) is 2. The van der Waals surface area contributed by atoms with Crippen LogP contribution >= 0.6 is 0 Å². The lowest BCUT2D eigenvalue weighted by molar-refractivity contribution is 0.0732. The maximum atomic E-state index is 12.1.